The molecule has 0 aliphatic heterocycles. The fourth-order valence-corrected chi connectivity index (χ4v) is 1.54. The molecule has 1 aromatic rings. The quantitative estimate of drug-likeness (QED) is 0.764. The third kappa shape index (κ3) is 2.18. The summed E-state index contributed by atoms with van der Waals surface area (Å²) in [7, 11) is 0. The molecule has 0 saturated carbocycles. The van der Waals surface area contributed by atoms with E-state index in [9.17, 15) is 0 Å². The normalized spacial score (nSPS) is 9.57. The van der Waals surface area contributed by atoms with Gasteiger partial charge in [-0.1, -0.05) is 11.6 Å². The number of nitriles is 1. The second-order valence-electron chi connectivity index (χ2n) is 2.95. The Kier molecular flexibility index (Phi) is 3.79. The summed E-state index contributed by atoms with van der Waals surface area (Å²) in [6.45, 7) is 6.04. The van der Waals surface area contributed by atoms with E-state index in [-0.39, 0.29) is 0 Å². The highest BCUT2D eigenvalue weighted by Crippen LogP contribution is 2.22. The molecule has 0 aliphatic carbocycles. The van der Waals surface area contributed by atoms with Crippen molar-refractivity contribution in [3.8, 4) is 6.07 Å². The molecule has 0 atom stereocenters. The molecule has 3 heteroatoms. The molecule has 14 heavy (non-hydrogen) atoms. The first-order chi connectivity index (χ1) is 6.72. The van der Waals surface area contributed by atoms with E-state index in [0.29, 0.717) is 10.6 Å². The molecule has 2 nitrogen and oxygen atoms in total. The number of rotatable bonds is 3. The van der Waals surface area contributed by atoms with Crippen LogP contribution in [0, 0.1) is 11.3 Å². The predicted octanol–water partition coefficient (Wildman–Crippen LogP) is 3.06. The molecule has 0 heterocycles. The molecular formula is C11H13ClN2. The molecule has 74 valence electrons. The molecule has 0 spiro atoms. The van der Waals surface area contributed by atoms with Crippen molar-refractivity contribution in [3.05, 3.63) is 28.8 Å². The molecule has 1 rings (SSSR count). The highest BCUT2D eigenvalue weighted by atomic mass is 35.5. The zero-order chi connectivity index (χ0) is 10.6. The van der Waals surface area contributed by atoms with Crippen molar-refractivity contribution in [1.29, 1.82) is 5.26 Å². The molecule has 0 bridgehead atoms. The van der Waals surface area contributed by atoms with E-state index in [0.717, 1.165) is 18.8 Å². The van der Waals surface area contributed by atoms with Crippen molar-refractivity contribution in [3.63, 3.8) is 0 Å². The molecule has 0 radical (unpaired) electrons. The lowest BCUT2D eigenvalue weighted by atomic mass is 10.2. The van der Waals surface area contributed by atoms with Gasteiger partial charge in [0.15, 0.2) is 0 Å². The largest absolute Gasteiger partial charge is 0.372 e. The van der Waals surface area contributed by atoms with Gasteiger partial charge in [-0.25, -0.2) is 0 Å². The average Bonchev–Trinajstić information content (AvgIpc) is 2.22. The molecule has 0 aliphatic rings. The molecule has 0 unspecified atom stereocenters. The van der Waals surface area contributed by atoms with Gasteiger partial charge in [-0.2, -0.15) is 5.26 Å². The van der Waals surface area contributed by atoms with Gasteiger partial charge in [-0.15, -0.1) is 0 Å². The number of hydrogen-bond acceptors (Lipinski definition) is 2. The Balaban J connectivity index is 3.06. The summed E-state index contributed by atoms with van der Waals surface area (Å²) in [5, 5.41) is 9.33. The van der Waals surface area contributed by atoms with Crippen LogP contribution in [0.2, 0.25) is 5.02 Å². The van der Waals surface area contributed by atoms with Crippen molar-refractivity contribution >= 4 is 17.3 Å². The van der Waals surface area contributed by atoms with Crippen LogP contribution in [-0.2, 0) is 0 Å². The maximum Gasteiger partial charge on any atom is 0.101 e. The molecule has 0 saturated heterocycles. The van der Waals surface area contributed by atoms with Crippen LogP contribution in [0.15, 0.2) is 18.2 Å². The first-order valence-electron chi connectivity index (χ1n) is 4.67. The number of nitrogens with zero attached hydrogens (tertiary/aromatic N) is 2. The SMILES string of the molecule is CCN(CC)c1ccc(Cl)c(C#N)c1. The van der Waals surface area contributed by atoms with Gasteiger partial charge in [-0.05, 0) is 32.0 Å². The third-order valence-electron chi connectivity index (χ3n) is 2.20. The van der Waals surface area contributed by atoms with E-state index in [1.165, 1.54) is 0 Å². The minimum atomic E-state index is 0.517. The van der Waals surface area contributed by atoms with E-state index in [1.807, 2.05) is 12.1 Å². The Morgan fingerprint density at radius 1 is 1.36 bits per heavy atom. The number of benzene rings is 1. The first kappa shape index (κ1) is 10.9. The zero-order valence-electron chi connectivity index (χ0n) is 8.42. The highest BCUT2D eigenvalue weighted by molar-refractivity contribution is 6.31. The van der Waals surface area contributed by atoms with E-state index in [2.05, 4.69) is 24.8 Å². The second-order valence-corrected chi connectivity index (χ2v) is 3.36. The Labute approximate surface area is 89.7 Å². The van der Waals surface area contributed by atoms with Gasteiger partial charge in [0.25, 0.3) is 0 Å². The van der Waals surface area contributed by atoms with E-state index in [4.69, 9.17) is 16.9 Å². The van der Waals surface area contributed by atoms with Crippen LogP contribution in [0.25, 0.3) is 0 Å². The third-order valence-corrected chi connectivity index (χ3v) is 2.53. The van der Waals surface area contributed by atoms with Gasteiger partial charge < -0.3 is 4.90 Å². The Morgan fingerprint density at radius 2 is 2.00 bits per heavy atom. The van der Waals surface area contributed by atoms with Crippen molar-refractivity contribution in [2.24, 2.45) is 0 Å². The van der Waals surface area contributed by atoms with Crippen LogP contribution in [0.3, 0.4) is 0 Å². The Bertz CT molecular complexity index is 351. The average molecular weight is 209 g/mol. The van der Waals surface area contributed by atoms with Crippen molar-refractivity contribution in [2.45, 2.75) is 13.8 Å². The summed E-state index contributed by atoms with van der Waals surface area (Å²) in [5.74, 6) is 0. The Morgan fingerprint density at radius 3 is 2.50 bits per heavy atom. The maximum atomic E-state index is 8.82. The minimum Gasteiger partial charge on any atom is -0.372 e. The summed E-state index contributed by atoms with van der Waals surface area (Å²) in [6, 6.07) is 7.62. The lowest BCUT2D eigenvalue weighted by molar-refractivity contribution is 0.866. The molecule has 1 aromatic carbocycles. The second kappa shape index (κ2) is 4.88. The van der Waals surface area contributed by atoms with Crippen molar-refractivity contribution in [2.75, 3.05) is 18.0 Å². The van der Waals surface area contributed by atoms with E-state index < -0.39 is 0 Å². The van der Waals surface area contributed by atoms with Crippen LogP contribution >= 0.6 is 11.6 Å². The van der Waals surface area contributed by atoms with Gasteiger partial charge in [0.05, 0.1) is 10.6 Å². The topological polar surface area (TPSA) is 27.0 Å². The molecule has 0 fully saturated rings. The van der Waals surface area contributed by atoms with Crippen molar-refractivity contribution < 1.29 is 0 Å². The van der Waals surface area contributed by atoms with Gasteiger partial charge in [0, 0.05) is 18.8 Å². The molecule has 0 amide bonds. The highest BCUT2D eigenvalue weighted by Gasteiger charge is 2.05. The summed E-state index contributed by atoms with van der Waals surface area (Å²) in [6.07, 6.45) is 0. The van der Waals surface area contributed by atoms with Gasteiger partial charge in [0.1, 0.15) is 6.07 Å². The molecular weight excluding hydrogens is 196 g/mol. The fourth-order valence-electron chi connectivity index (χ4n) is 1.38. The van der Waals surface area contributed by atoms with Crippen LogP contribution in [0.1, 0.15) is 19.4 Å². The molecule has 0 aromatic heterocycles. The van der Waals surface area contributed by atoms with E-state index in [1.54, 1.807) is 6.07 Å². The number of halogens is 1. The van der Waals surface area contributed by atoms with Crippen molar-refractivity contribution in [1.82, 2.24) is 0 Å². The lowest BCUT2D eigenvalue weighted by Crippen LogP contribution is -2.21. The van der Waals surface area contributed by atoms with Crippen LogP contribution in [0.5, 0.6) is 0 Å². The summed E-state index contributed by atoms with van der Waals surface area (Å²) >= 11 is 5.85. The summed E-state index contributed by atoms with van der Waals surface area (Å²) < 4.78 is 0. The van der Waals surface area contributed by atoms with Crippen LogP contribution in [-0.4, -0.2) is 13.1 Å². The van der Waals surface area contributed by atoms with Gasteiger partial charge >= 0.3 is 0 Å². The fraction of sp³-hybridized carbons (Fsp3) is 0.364. The number of hydrogen-bond donors (Lipinski definition) is 0. The first-order valence-corrected chi connectivity index (χ1v) is 5.05. The minimum absolute atomic E-state index is 0.517. The summed E-state index contributed by atoms with van der Waals surface area (Å²) in [4.78, 5) is 2.18. The van der Waals surface area contributed by atoms with Gasteiger partial charge in [-0.3, -0.25) is 0 Å². The Hall–Kier alpha value is -1.20. The molecule has 0 N–H and O–H groups in total. The smallest absolute Gasteiger partial charge is 0.101 e. The maximum absolute atomic E-state index is 8.82. The zero-order valence-corrected chi connectivity index (χ0v) is 9.17. The van der Waals surface area contributed by atoms with Gasteiger partial charge in [0.2, 0.25) is 0 Å². The predicted molar refractivity (Wildman–Crippen MR) is 59.7 cm³/mol. The number of anilines is 1. The summed E-state index contributed by atoms with van der Waals surface area (Å²) in [5.41, 5.74) is 1.59. The van der Waals surface area contributed by atoms with E-state index >= 15 is 0 Å². The monoisotopic (exact) mass is 208 g/mol. The van der Waals surface area contributed by atoms with Crippen LogP contribution < -0.4 is 4.90 Å². The van der Waals surface area contributed by atoms with Crippen LogP contribution in [0.4, 0.5) is 5.69 Å². The standard InChI is InChI=1S/C11H13ClN2/c1-3-14(4-2)10-5-6-11(12)9(7-10)8-13/h5-7H,3-4H2,1-2H3. The lowest BCUT2D eigenvalue weighted by Gasteiger charge is -2.21.